The van der Waals surface area contributed by atoms with Crippen molar-refractivity contribution >= 4 is 11.7 Å². The van der Waals surface area contributed by atoms with Crippen LogP contribution in [-0.4, -0.2) is 21.6 Å². The molecule has 0 radical (unpaired) electrons. The number of nitrogens with zero attached hydrogens (tertiary/aromatic N) is 2. The molecule has 1 heterocycles. The number of nitrogens with one attached hydrogen (secondary N) is 2. The van der Waals surface area contributed by atoms with E-state index in [1.54, 1.807) is 12.1 Å². The molecule has 0 bridgehead atoms. The fourth-order valence-corrected chi connectivity index (χ4v) is 1.95. The molecule has 0 unspecified atom stereocenters. The zero-order valence-corrected chi connectivity index (χ0v) is 13.5. The normalized spacial score (nSPS) is 11.1. The highest BCUT2D eigenvalue weighted by atomic mass is 16.2. The maximum absolute atomic E-state index is 12.0. The van der Waals surface area contributed by atoms with Gasteiger partial charge in [0.25, 0.3) is 5.91 Å². The van der Waals surface area contributed by atoms with Gasteiger partial charge in [0.05, 0.1) is 0 Å². The van der Waals surface area contributed by atoms with Gasteiger partial charge < -0.3 is 10.6 Å². The van der Waals surface area contributed by atoms with Gasteiger partial charge in [-0.3, -0.25) is 4.79 Å². The first-order chi connectivity index (χ1) is 10.3. The Labute approximate surface area is 131 Å². The molecule has 0 aliphatic heterocycles. The number of carbonyl (C=O) groups is 1. The number of rotatable bonds is 4. The van der Waals surface area contributed by atoms with Crippen LogP contribution in [0.25, 0.3) is 0 Å². The van der Waals surface area contributed by atoms with Crippen LogP contribution in [0.4, 0.5) is 5.82 Å². The van der Waals surface area contributed by atoms with Crippen LogP contribution in [0, 0.1) is 6.92 Å². The molecule has 0 spiro atoms. The van der Waals surface area contributed by atoms with Gasteiger partial charge in [-0.25, -0.2) is 0 Å². The molecule has 116 valence electrons. The number of hydrogen-bond acceptors (Lipinski definition) is 4. The van der Waals surface area contributed by atoms with Gasteiger partial charge in [0.2, 0.25) is 0 Å². The van der Waals surface area contributed by atoms with Crippen molar-refractivity contribution in [3.63, 3.8) is 0 Å². The summed E-state index contributed by atoms with van der Waals surface area (Å²) in [5, 5.41) is 14.1. The average molecular weight is 298 g/mol. The summed E-state index contributed by atoms with van der Waals surface area (Å²) < 4.78 is 0. The van der Waals surface area contributed by atoms with Crippen molar-refractivity contribution in [2.45, 2.75) is 39.8 Å². The molecule has 2 N–H and O–H groups in total. The number of aryl methyl sites for hydroxylation is 1. The summed E-state index contributed by atoms with van der Waals surface area (Å²) in [4.78, 5) is 12.0. The molecule has 2 aromatic rings. The third kappa shape index (κ3) is 4.55. The van der Waals surface area contributed by atoms with E-state index in [0.717, 1.165) is 0 Å². The lowest BCUT2D eigenvalue weighted by Crippen LogP contribution is -2.41. The van der Waals surface area contributed by atoms with Gasteiger partial charge in [0.15, 0.2) is 5.69 Å². The smallest absolute Gasteiger partial charge is 0.272 e. The topological polar surface area (TPSA) is 66.9 Å². The Morgan fingerprint density at radius 2 is 1.82 bits per heavy atom. The first kappa shape index (κ1) is 15.9. The Morgan fingerprint density at radius 3 is 2.41 bits per heavy atom. The predicted molar refractivity (Wildman–Crippen MR) is 87.8 cm³/mol. The Morgan fingerprint density at radius 1 is 1.09 bits per heavy atom. The molecule has 2 rings (SSSR count). The summed E-state index contributed by atoms with van der Waals surface area (Å²) in [5.74, 6) is 0.431. The summed E-state index contributed by atoms with van der Waals surface area (Å²) >= 11 is 0. The van der Waals surface area contributed by atoms with E-state index >= 15 is 0 Å². The fourth-order valence-electron chi connectivity index (χ4n) is 1.95. The molecule has 5 nitrogen and oxygen atoms in total. The fraction of sp³-hybridized carbons (Fsp3) is 0.353. The Bertz CT molecular complexity index is 644. The van der Waals surface area contributed by atoms with E-state index in [4.69, 9.17) is 0 Å². The lowest BCUT2D eigenvalue weighted by molar-refractivity contribution is 0.0913. The summed E-state index contributed by atoms with van der Waals surface area (Å²) in [7, 11) is 0. The minimum absolute atomic E-state index is 0.217. The van der Waals surface area contributed by atoms with Crippen LogP contribution in [0.2, 0.25) is 0 Å². The second kappa shape index (κ2) is 6.56. The summed E-state index contributed by atoms with van der Waals surface area (Å²) in [6.45, 7) is 8.53. The van der Waals surface area contributed by atoms with Crippen LogP contribution >= 0.6 is 0 Å². The highest BCUT2D eigenvalue weighted by molar-refractivity contribution is 5.92. The van der Waals surface area contributed by atoms with Crippen LogP contribution in [-0.2, 0) is 6.54 Å². The van der Waals surface area contributed by atoms with Gasteiger partial charge in [-0.05, 0) is 51.0 Å². The monoisotopic (exact) mass is 298 g/mol. The quantitative estimate of drug-likeness (QED) is 0.910. The zero-order chi connectivity index (χ0) is 16.2. The molecule has 0 aliphatic carbocycles. The van der Waals surface area contributed by atoms with Gasteiger partial charge in [0, 0.05) is 12.1 Å². The molecule has 22 heavy (non-hydrogen) atoms. The van der Waals surface area contributed by atoms with E-state index in [0.29, 0.717) is 18.1 Å². The third-order valence-electron chi connectivity index (χ3n) is 3.11. The maximum atomic E-state index is 12.0. The SMILES string of the molecule is Cc1ccccc1CNc1ccc(C(=O)NC(C)(C)C)nn1. The van der Waals surface area contributed by atoms with E-state index in [-0.39, 0.29) is 11.4 Å². The molecule has 1 amide bonds. The first-order valence-electron chi connectivity index (χ1n) is 7.30. The summed E-state index contributed by atoms with van der Waals surface area (Å²) in [5.41, 5.74) is 2.46. The van der Waals surface area contributed by atoms with Crippen molar-refractivity contribution in [1.29, 1.82) is 0 Å². The van der Waals surface area contributed by atoms with Crippen molar-refractivity contribution in [3.05, 3.63) is 53.2 Å². The minimum Gasteiger partial charge on any atom is -0.364 e. The number of anilines is 1. The molecule has 0 fully saturated rings. The van der Waals surface area contributed by atoms with Crippen LogP contribution < -0.4 is 10.6 Å². The van der Waals surface area contributed by atoms with Crippen molar-refractivity contribution in [2.75, 3.05) is 5.32 Å². The van der Waals surface area contributed by atoms with Gasteiger partial charge in [-0.1, -0.05) is 24.3 Å². The molecule has 5 heteroatoms. The van der Waals surface area contributed by atoms with Crippen LogP contribution in [0.15, 0.2) is 36.4 Å². The molecular weight excluding hydrogens is 276 g/mol. The zero-order valence-electron chi connectivity index (χ0n) is 13.5. The number of carbonyl (C=O) groups excluding carboxylic acids is 1. The summed E-state index contributed by atoms with van der Waals surface area (Å²) in [6.07, 6.45) is 0. The average Bonchev–Trinajstić information content (AvgIpc) is 2.45. The van der Waals surface area contributed by atoms with Gasteiger partial charge >= 0.3 is 0 Å². The Balaban J connectivity index is 1.98. The van der Waals surface area contributed by atoms with Gasteiger partial charge in [0.1, 0.15) is 5.82 Å². The van der Waals surface area contributed by atoms with Crippen LogP contribution in [0.3, 0.4) is 0 Å². The highest BCUT2D eigenvalue weighted by Crippen LogP contribution is 2.10. The van der Waals surface area contributed by atoms with E-state index < -0.39 is 0 Å². The highest BCUT2D eigenvalue weighted by Gasteiger charge is 2.16. The summed E-state index contributed by atoms with van der Waals surface area (Å²) in [6, 6.07) is 11.6. The predicted octanol–water partition coefficient (Wildman–Crippen LogP) is 2.93. The third-order valence-corrected chi connectivity index (χ3v) is 3.11. The molecule has 0 saturated heterocycles. The molecule has 0 aliphatic rings. The molecule has 0 saturated carbocycles. The number of hydrogen-bond donors (Lipinski definition) is 2. The standard InChI is InChI=1S/C17H22N4O/c1-12-7-5-6-8-13(12)11-18-15-10-9-14(20-21-15)16(22)19-17(2,3)4/h5-10H,11H2,1-4H3,(H,18,21)(H,19,22). The lowest BCUT2D eigenvalue weighted by atomic mass is 10.1. The van der Waals surface area contributed by atoms with Crippen molar-refractivity contribution < 1.29 is 4.79 Å². The number of amides is 1. The van der Waals surface area contributed by atoms with Crippen LogP contribution in [0.5, 0.6) is 0 Å². The van der Waals surface area contributed by atoms with E-state index in [2.05, 4.69) is 39.9 Å². The molecule has 0 atom stereocenters. The minimum atomic E-state index is -0.291. The number of aromatic nitrogens is 2. The molecular formula is C17H22N4O. The molecule has 1 aromatic carbocycles. The van der Waals surface area contributed by atoms with Crippen molar-refractivity contribution in [3.8, 4) is 0 Å². The van der Waals surface area contributed by atoms with E-state index in [1.807, 2.05) is 32.9 Å². The largest absolute Gasteiger partial charge is 0.364 e. The van der Waals surface area contributed by atoms with Crippen molar-refractivity contribution in [2.24, 2.45) is 0 Å². The van der Waals surface area contributed by atoms with E-state index in [1.165, 1.54) is 11.1 Å². The molecule has 1 aromatic heterocycles. The van der Waals surface area contributed by atoms with Crippen LogP contribution in [0.1, 0.15) is 42.4 Å². The Kier molecular flexibility index (Phi) is 4.75. The lowest BCUT2D eigenvalue weighted by Gasteiger charge is -2.19. The maximum Gasteiger partial charge on any atom is 0.272 e. The second-order valence-electron chi connectivity index (χ2n) is 6.29. The first-order valence-corrected chi connectivity index (χ1v) is 7.30. The second-order valence-corrected chi connectivity index (χ2v) is 6.29. The van der Waals surface area contributed by atoms with Gasteiger partial charge in [-0.15, -0.1) is 10.2 Å². The Hall–Kier alpha value is -2.43. The van der Waals surface area contributed by atoms with Crippen molar-refractivity contribution in [1.82, 2.24) is 15.5 Å². The van der Waals surface area contributed by atoms with Gasteiger partial charge in [-0.2, -0.15) is 0 Å². The number of benzene rings is 1. The van der Waals surface area contributed by atoms with E-state index in [9.17, 15) is 4.79 Å².